The van der Waals surface area contributed by atoms with Crippen LogP contribution < -0.4 is 5.32 Å². The number of allylic oxidation sites excluding steroid dienone is 1. The average molecular weight is 209 g/mol. The maximum atomic E-state index is 3.76. The van der Waals surface area contributed by atoms with E-state index >= 15 is 0 Å². The van der Waals surface area contributed by atoms with Gasteiger partial charge in [-0.1, -0.05) is 32.3 Å². The van der Waals surface area contributed by atoms with E-state index in [2.05, 4.69) is 18.8 Å². The third-order valence-corrected chi connectivity index (χ3v) is 3.65. The molecular formula is C14H27N. The van der Waals surface area contributed by atoms with E-state index in [0.29, 0.717) is 0 Å². The molecule has 1 nitrogen and oxygen atoms in total. The first-order valence-electron chi connectivity index (χ1n) is 6.72. The summed E-state index contributed by atoms with van der Waals surface area (Å²) in [6.45, 7) is 7.25. The van der Waals surface area contributed by atoms with E-state index in [4.69, 9.17) is 0 Å². The largest absolute Gasteiger partial charge is 0.314 e. The summed E-state index contributed by atoms with van der Waals surface area (Å²) in [4.78, 5) is 0. The highest BCUT2D eigenvalue weighted by molar-refractivity contribution is 4.78. The zero-order chi connectivity index (χ0) is 10.9. The summed E-state index contributed by atoms with van der Waals surface area (Å²) in [6, 6.07) is 0.773. The van der Waals surface area contributed by atoms with Crippen LogP contribution in [0.3, 0.4) is 0 Å². The quantitative estimate of drug-likeness (QED) is 0.495. The first-order valence-corrected chi connectivity index (χ1v) is 6.72. The monoisotopic (exact) mass is 209 g/mol. The number of rotatable bonds is 7. The SMILES string of the molecule is C=CCCCNC(CC)C1CCCCC1. The van der Waals surface area contributed by atoms with Crippen molar-refractivity contribution in [1.82, 2.24) is 5.32 Å². The number of nitrogens with one attached hydrogen (secondary N) is 1. The molecule has 0 aromatic heterocycles. The van der Waals surface area contributed by atoms with E-state index in [0.717, 1.165) is 18.4 Å². The Kier molecular flexibility index (Phi) is 6.74. The number of unbranched alkanes of at least 4 members (excludes halogenated alkanes) is 1. The van der Waals surface area contributed by atoms with Gasteiger partial charge in [0.1, 0.15) is 0 Å². The first kappa shape index (κ1) is 12.8. The van der Waals surface area contributed by atoms with Gasteiger partial charge >= 0.3 is 0 Å². The lowest BCUT2D eigenvalue weighted by Gasteiger charge is -2.30. The molecule has 1 aliphatic rings. The van der Waals surface area contributed by atoms with Crippen molar-refractivity contribution in [2.24, 2.45) is 5.92 Å². The Morgan fingerprint density at radius 1 is 1.33 bits per heavy atom. The molecule has 1 fully saturated rings. The number of hydrogen-bond donors (Lipinski definition) is 1. The van der Waals surface area contributed by atoms with E-state index in [9.17, 15) is 0 Å². The maximum absolute atomic E-state index is 3.76. The Morgan fingerprint density at radius 2 is 2.07 bits per heavy atom. The molecule has 1 N–H and O–H groups in total. The summed E-state index contributed by atoms with van der Waals surface area (Å²) in [5.41, 5.74) is 0. The zero-order valence-corrected chi connectivity index (χ0v) is 10.3. The third kappa shape index (κ3) is 4.83. The van der Waals surface area contributed by atoms with Crippen LogP contribution in [0.25, 0.3) is 0 Å². The standard InChI is InChI=1S/C14H27N/c1-3-5-9-12-15-14(4-2)13-10-7-6-8-11-13/h3,13-15H,1,4-12H2,2H3. The van der Waals surface area contributed by atoms with E-state index in [-0.39, 0.29) is 0 Å². The molecule has 0 aromatic rings. The zero-order valence-electron chi connectivity index (χ0n) is 10.3. The predicted octanol–water partition coefficient (Wildman–Crippen LogP) is 3.90. The van der Waals surface area contributed by atoms with Crippen LogP contribution in [0.5, 0.6) is 0 Å². The van der Waals surface area contributed by atoms with Crippen molar-refractivity contribution in [3.8, 4) is 0 Å². The van der Waals surface area contributed by atoms with Crippen LogP contribution >= 0.6 is 0 Å². The molecular weight excluding hydrogens is 182 g/mol. The highest BCUT2D eigenvalue weighted by Crippen LogP contribution is 2.27. The Labute approximate surface area is 95.3 Å². The summed E-state index contributed by atoms with van der Waals surface area (Å²) in [5, 5.41) is 3.73. The molecule has 1 heteroatoms. The molecule has 88 valence electrons. The van der Waals surface area contributed by atoms with E-state index in [1.807, 2.05) is 6.08 Å². The molecule has 0 aromatic carbocycles. The van der Waals surface area contributed by atoms with Crippen LogP contribution in [-0.4, -0.2) is 12.6 Å². The van der Waals surface area contributed by atoms with E-state index in [1.165, 1.54) is 51.5 Å². The van der Waals surface area contributed by atoms with Crippen molar-refractivity contribution < 1.29 is 0 Å². The summed E-state index contributed by atoms with van der Waals surface area (Å²) >= 11 is 0. The maximum Gasteiger partial charge on any atom is 0.00927 e. The van der Waals surface area contributed by atoms with Gasteiger partial charge in [-0.15, -0.1) is 6.58 Å². The predicted molar refractivity (Wildman–Crippen MR) is 68.1 cm³/mol. The molecule has 0 bridgehead atoms. The average Bonchev–Trinajstić information content (AvgIpc) is 2.30. The van der Waals surface area contributed by atoms with Crippen molar-refractivity contribution in [2.75, 3.05) is 6.54 Å². The van der Waals surface area contributed by atoms with Gasteiger partial charge in [0.15, 0.2) is 0 Å². The fraction of sp³-hybridized carbons (Fsp3) is 0.857. The Bertz CT molecular complexity index is 159. The molecule has 0 heterocycles. The molecule has 1 aliphatic carbocycles. The van der Waals surface area contributed by atoms with Crippen molar-refractivity contribution in [2.45, 2.75) is 64.3 Å². The molecule has 1 atom stereocenters. The van der Waals surface area contributed by atoms with Crippen molar-refractivity contribution in [3.63, 3.8) is 0 Å². The minimum atomic E-state index is 0.773. The summed E-state index contributed by atoms with van der Waals surface area (Å²) in [6.07, 6.45) is 13.0. The lowest BCUT2D eigenvalue weighted by Crippen LogP contribution is -2.37. The second kappa shape index (κ2) is 7.92. The minimum absolute atomic E-state index is 0.773. The van der Waals surface area contributed by atoms with Crippen LogP contribution in [0.1, 0.15) is 58.3 Å². The van der Waals surface area contributed by atoms with Crippen molar-refractivity contribution in [1.29, 1.82) is 0 Å². The first-order chi connectivity index (χ1) is 7.38. The number of hydrogen-bond acceptors (Lipinski definition) is 1. The van der Waals surface area contributed by atoms with Gasteiger partial charge in [0.05, 0.1) is 0 Å². The van der Waals surface area contributed by atoms with E-state index < -0.39 is 0 Å². The van der Waals surface area contributed by atoms with Gasteiger partial charge < -0.3 is 5.32 Å². The van der Waals surface area contributed by atoms with Crippen LogP contribution in [0, 0.1) is 5.92 Å². The highest BCUT2D eigenvalue weighted by atomic mass is 14.9. The van der Waals surface area contributed by atoms with Gasteiger partial charge in [-0.2, -0.15) is 0 Å². The van der Waals surface area contributed by atoms with Gasteiger partial charge in [-0.25, -0.2) is 0 Å². The van der Waals surface area contributed by atoms with Crippen LogP contribution in [0.15, 0.2) is 12.7 Å². The van der Waals surface area contributed by atoms with Crippen LogP contribution in [0.4, 0.5) is 0 Å². The lowest BCUT2D eigenvalue weighted by molar-refractivity contribution is 0.263. The van der Waals surface area contributed by atoms with Crippen LogP contribution in [0.2, 0.25) is 0 Å². The minimum Gasteiger partial charge on any atom is -0.314 e. The van der Waals surface area contributed by atoms with Gasteiger partial charge in [0.25, 0.3) is 0 Å². The summed E-state index contributed by atoms with van der Waals surface area (Å²) in [7, 11) is 0. The van der Waals surface area contributed by atoms with Crippen molar-refractivity contribution in [3.05, 3.63) is 12.7 Å². The molecule has 0 saturated heterocycles. The van der Waals surface area contributed by atoms with Gasteiger partial charge in [-0.3, -0.25) is 0 Å². The van der Waals surface area contributed by atoms with Gasteiger partial charge in [-0.05, 0) is 44.6 Å². The fourth-order valence-electron chi connectivity index (χ4n) is 2.71. The normalized spacial score (nSPS) is 20.1. The fourth-order valence-corrected chi connectivity index (χ4v) is 2.71. The molecule has 1 unspecified atom stereocenters. The Balaban J connectivity index is 2.18. The molecule has 0 radical (unpaired) electrons. The van der Waals surface area contributed by atoms with Crippen LogP contribution in [-0.2, 0) is 0 Å². The van der Waals surface area contributed by atoms with Gasteiger partial charge in [0, 0.05) is 6.04 Å². The Hall–Kier alpha value is -0.300. The molecule has 0 aliphatic heterocycles. The second-order valence-electron chi connectivity index (χ2n) is 4.80. The summed E-state index contributed by atoms with van der Waals surface area (Å²) < 4.78 is 0. The molecule has 0 spiro atoms. The molecule has 1 rings (SSSR count). The molecule has 15 heavy (non-hydrogen) atoms. The van der Waals surface area contributed by atoms with E-state index in [1.54, 1.807) is 0 Å². The summed E-state index contributed by atoms with van der Waals surface area (Å²) in [5.74, 6) is 0.951. The topological polar surface area (TPSA) is 12.0 Å². The molecule has 1 saturated carbocycles. The second-order valence-corrected chi connectivity index (χ2v) is 4.80. The van der Waals surface area contributed by atoms with Gasteiger partial charge in [0.2, 0.25) is 0 Å². The molecule has 0 amide bonds. The third-order valence-electron chi connectivity index (χ3n) is 3.65. The smallest absolute Gasteiger partial charge is 0.00927 e. The van der Waals surface area contributed by atoms with Crippen molar-refractivity contribution >= 4 is 0 Å². The Morgan fingerprint density at radius 3 is 2.67 bits per heavy atom. The lowest BCUT2D eigenvalue weighted by atomic mass is 9.83. The highest BCUT2D eigenvalue weighted by Gasteiger charge is 2.21.